The maximum atomic E-state index is 11.6. The maximum Gasteiger partial charge on any atom is 0.324 e. The van der Waals surface area contributed by atoms with E-state index in [9.17, 15) is 13.2 Å². The number of fused-ring (bicyclic) bond motifs is 1. The molecule has 0 bridgehead atoms. The molecule has 0 saturated carbocycles. The molecule has 0 aromatic rings. The first-order chi connectivity index (χ1) is 6.56. The first-order valence-electron chi connectivity index (χ1n) is 4.56. The predicted molar refractivity (Wildman–Crippen MR) is 49.4 cm³/mol. The third kappa shape index (κ3) is 1.33. The van der Waals surface area contributed by atoms with Crippen LogP contribution >= 0.6 is 0 Å². The quantitative estimate of drug-likeness (QED) is 0.560. The largest absolute Gasteiger partial charge is 0.468 e. The number of nitrogens with one attached hydrogen (secondary N) is 1. The van der Waals surface area contributed by atoms with Crippen molar-refractivity contribution in [3.05, 3.63) is 0 Å². The molecule has 2 heterocycles. The van der Waals surface area contributed by atoms with E-state index < -0.39 is 21.1 Å². The van der Waals surface area contributed by atoms with Crippen molar-refractivity contribution in [1.82, 2.24) is 5.32 Å². The number of carbonyl (C=O) groups is 1. The van der Waals surface area contributed by atoms with Crippen LogP contribution in [0.25, 0.3) is 0 Å². The van der Waals surface area contributed by atoms with E-state index in [1.807, 2.05) is 0 Å². The second kappa shape index (κ2) is 3.20. The Labute approximate surface area is 82.7 Å². The summed E-state index contributed by atoms with van der Waals surface area (Å²) in [7, 11) is -2.04. The molecule has 0 radical (unpaired) electrons. The fourth-order valence-electron chi connectivity index (χ4n) is 2.40. The van der Waals surface area contributed by atoms with Crippen LogP contribution in [0.4, 0.5) is 0 Å². The Morgan fingerprint density at radius 2 is 2.14 bits per heavy atom. The second-order valence-electron chi connectivity index (χ2n) is 3.86. The summed E-state index contributed by atoms with van der Waals surface area (Å²) in [6.07, 6.45) is 0. The Bertz CT molecular complexity index is 350. The highest BCUT2D eigenvalue weighted by molar-refractivity contribution is 7.93. The Hall–Kier alpha value is -0.620. The molecule has 14 heavy (non-hydrogen) atoms. The summed E-state index contributed by atoms with van der Waals surface area (Å²) in [5, 5.41) is 2.16. The van der Waals surface area contributed by atoms with E-state index in [1.54, 1.807) is 0 Å². The summed E-state index contributed by atoms with van der Waals surface area (Å²) < 4.78 is 27.8. The van der Waals surface area contributed by atoms with Gasteiger partial charge in [0, 0.05) is 12.5 Å². The average Bonchev–Trinajstić information content (AvgIpc) is 2.59. The lowest BCUT2D eigenvalue weighted by Crippen LogP contribution is -2.35. The van der Waals surface area contributed by atoms with Gasteiger partial charge in [0.15, 0.2) is 15.1 Å². The Kier molecular flexibility index (Phi) is 2.27. The molecular weight excluding hydrogens is 206 g/mol. The van der Waals surface area contributed by atoms with Crippen LogP contribution < -0.4 is 5.32 Å². The minimum absolute atomic E-state index is 0.0871. The molecule has 80 valence electrons. The van der Waals surface area contributed by atoms with Gasteiger partial charge in [-0.25, -0.2) is 8.42 Å². The topological polar surface area (TPSA) is 72.5 Å². The molecule has 1 N–H and O–H groups in total. The lowest BCUT2D eigenvalue weighted by atomic mass is 9.95. The molecule has 0 aromatic heterocycles. The van der Waals surface area contributed by atoms with Gasteiger partial charge in [0.2, 0.25) is 0 Å². The SMILES string of the molecule is COC(=O)C1C2CNCC2CS1(=O)=O. The highest BCUT2D eigenvalue weighted by Gasteiger charge is 2.53. The van der Waals surface area contributed by atoms with E-state index in [-0.39, 0.29) is 17.6 Å². The fourth-order valence-corrected chi connectivity index (χ4v) is 4.81. The molecule has 0 amide bonds. The van der Waals surface area contributed by atoms with Gasteiger partial charge in [-0.3, -0.25) is 4.79 Å². The number of hydrogen-bond donors (Lipinski definition) is 1. The zero-order valence-electron chi connectivity index (χ0n) is 7.89. The molecule has 0 aliphatic carbocycles. The standard InChI is InChI=1S/C8H13NO4S/c1-13-8(10)7-6-3-9-2-5(6)4-14(7,11)12/h5-7,9H,2-4H2,1H3. The average molecular weight is 219 g/mol. The van der Waals surface area contributed by atoms with Crippen LogP contribution in [0.15, 0.2) is 0 Å². The van der Waals surface area contributed by atoms with Crippen molar-refractivity contribution >= 4 is 15.8 Å². The van der Waals surface area contributed by atoms with Crippen molar-refractivity contribution in [3.63, 3.8) is 0 Å². The summed E-state index contributed by atoms with van der Waals surface area (Å²) in [6, 6.07) is 0. The van der Waals surface area contributed by atoms with Crippen LogP contribution in [-0.2, 0) is 19.4 Å². The summed E-state index contributed by atoms with van der Waals surface area (Å²) >= 11 is 0. The molecule has 3 atom stereocenters. The van der Waals surface area contributed by atoms with Gasteiger partial charge in [-0.1, -0.05) is 0 Å². The molecule has 2 rings (SSSR count). The molecule has 2 aliphatic rings. The highest BCUT2D eigenvalue weighted by Crippen LogP contribution is 2.35. The first-order valence-corrected chi connectivity index (χ1v) is 6.28. The van der Waals surface area contributed by atoms with Crippen LogP contribution in [0.2, 0.25) is 0 Å². The fraction of sp³-hybridized carbons (Fsp3) is 0.875. The smallest absolute Gasteiger partial charge is 0.324 e. The number of carbonyl (C=O) groups excluding carboxylic acids is 1. The van der Waals surface area contributed by atoms with E-state index in [4.69, 9.17) is 0 Å². The molecular formula is C8H13NO4S. The van der Waals surface area contributed by atoms with Gasteiger partial charge in [-0.05, 0) is 12.5 Å². The molecule has 0 aromatic carbocycles. The van der Waals surface area contributed by atoms with Crippen LogP contribution in [0.3, 0.4) is 0 Å². The molecule has 2 fully saturated rings. The van der Waals surface area contributed by atoms with Gasteiger partial charge in [-0.2, -0.15) is 0 Å². The first kappa shape index (κ1) is 9.92. The van der Waals surface area contributed by atoms with E-state index in [1.165, 1.54) is 7.11 Å². The summed E-state index contributed by atoms with van der Waals surface area (Å²) in [6.45, 7) is 1.29. The number of hydrogen-bond acceptors (Lipinski definition) is 5. The predicted octanol–water partition coefficient (Wildman–Crippen LogP) is -1.21. The second-order valence-corrected chi connectivity index (χ2v) is 6.02. The van der Waals surface area contributed by atoms with E-state index in [0.29, 0.717) is 13.1 Å². The van der Waals surface area contributed by atoms with Crippen LogP contribution in [0.1, 0.15) is 0 Å². The van der Waals surface area contributed by atoms with E-state index >= 15 is 0 Å². The minimum Gasteiger partial charge on any atom is -0.468 e. The van der Waals surface area contributed by atoms with Crippen LogP contribution in [0, 0.1) is 11.8 Å². The van der Waals surface area contributed by atoms with Crippen molar-refractivity contribution in [2.24, 2.45) is 11.8 Å². The molecule has 2 aliphatic heterocycles. The monoisotopic (exact) mass is 219 g/mol. The summed E-state index contributed by atoms with van der Waals surface area (Å²) in [4.78, 5) is 11.3. The third-order valence-electron chi connectivity index (χ3n) is 3.05. The lowest BCUT2D eigenvalue weighted by molar-refractivity contribution is -0.141. The summed E-state index contributed by atoms with van der Waals surface area (Å²) in [5.74, 6) is -0.498. The third-order valence-corrected chi connectivity index (χ3v) is 5.26. The lowest BCUT2D eigenvalue weighted by Gasteiger charge is -2.13. The van der Waals surface area contributed by atoms with Crippen molar-refractivity contribution < 1.29 is 17.9 Å². The van der Waals surface area contributed by atoms with Crippen LogP contribution in [0.5, 0.6) is 0 Å². The number of methoxy groups -OCH3 is 1. The van der Waals surface area contributed by atoms with Crippen molar-refractivity contribution in [1.29, 1.82) is 0 Å². The van der Waals surface area contributed by atoms with Crippen molar-refractivity contribution in [3.8, 4) is 0 Å². The van der Waals surface area contributed by atoms with Gasteiger partial charge in [0.25, 0.3) is 0 Å². The highest BCUT2D eigenvalue weighted by atomic mass is 32.2. The van der Waals surface area contributed by atoms with Crippen molar-refractivity contribution in [2.45, 2.75) is 5.25 Å². The zero-order chi connectivity index (χ0) is 10.3. The maximum absolute atomic E-state index is 11.6. The number of ether oxygens (including phenoxy) is 1. The van der Waals surface area contributed by atoms with E-state index in [2.05, 4.69) is 10.1 Å². The molecule has 2 saturated heterocycles. The van der Waals surface area contributed by atoms with Crippen molar-refractivity contribution in [2.75, 3.05) is 26.0 Å². The van der Waals surface area contributed by atoms with Gasteiger partial charge >= 0.3 is 5.97 Å². The molecule has 6 heteroatoms. The van der Waals surface area contributed by atoms with Gasteiger partial charge in [0.1, 0.15) is 0 Å². The summed E-state index contributed by atoms with van der Waals surface area (Å²) in [5.41, 5.74) is 0. The Morgan fingerprint density at radius 3 is 2.79 bits per heavy atom. The van der Waals surface area contributed by atoms with Crippen LogP contribution in [-0.4, -0.2) is 45.6 Å². The number of rotatable bonds is 1. The molecule has 3 unspecified atom stereocenters. The zero-order valence-corrected chi connectivity index (χ0v) is 8.71. The van der Waals surface area contributed by atoms with Gasteiger partial charge < -0.3 is 10.1 Å². The Balaban J connectivity index is 2.31. The van der Waals surface area contributed by atoms with Gasteiger partial charge in [0.05, 0.1) is 12.9 Å². The number of esters is 1. The normalized spacial score (nSPS) is 39.4. The minimum atomic E-state index is -3.27. The Morgan fingerprint density at radius 1 is 1.43 bits per heavy atom. The molecule has 0 spiro atoms. The number of sulfone groups is 1. The van der Waals surface area contributed by atoms with E-state index in [0.717, 1.165) is 0 Å². The molecule has 5 nitrogen and oxygen atoms in total. The van der Waals surface area contributed by atoms with Gasteiger partial charge in [-0.15, -0.1) is 0 Å².